The maximum Gasteiger partial charge on any atom is 0.293 e. The second-order valence-corrected chi connectivity index (χ2v) is 2.74. The highest BCUT2D eigenvalue weighted by molar-refractivity contribution is 5.37. The van der Waals surface area contributed by atoms with Crippen LogP contribution < -0.4 is 0 Å². The first-order valence-corrected chi connectivity index (χ1v) is 3.95. The molecule has 0 aliphatic carbocycles. The average molecular weight is 164 g/mol. The van der Waals surface area contributed by atoms with Crippen molar-refractivity contribution in [2.24, 2.45) is 0 Å². The van der Waals surface area contributed by atoms with Crippen LogP contribution in [0.2, 0.25) is 0 Å². The van der Waals surface area contributed by atoms with Gasteiger partial charge < -0.3 is 4.74 Å². The molecule has 0 bridgehead atoms. The Labute approximate surface area is 72.2 Å². The second-order valence-electron chi connectivity index (χ2n) is 2.74. The van der Waals surface area contributed by atoms with Crippen LogP contribution >= 0.6 is 0 Å². The minimum absolute atomic E-state index is 0.274. The number of carbonyl (C=O) groups excluding carboxylic acids is 1. The van der Waals surface area contributed by atoms with Crippen LogP contribution in [-0.2, 0) is 9.53 Å². The van der Waals surface area contributed by atoms with Crippen molar-refractivity contribution in [3.05, 3.63) is 35.9 Å². The van der Waals surface area contributed by atoms with Crippen LogP contribution in [-0.4, -0.2) is 13.1 Å². The molecule has 0 saturated heterocycles. The predicted molar refractivity (Wildman–Crippen MR) is 46.9 cm³/mol. The summed E-state index contributed by atoms with van der Waals surface area (Å²) in [7, 11) is 0. The van der Waals surface area contributed by atoms with Gasteiger partial charge in [0.2, 0.25) is 0 Å². The molecule has 2 nitrogen and oxygen atoms in total. The molecule has 0 amide bonds. The Hall–Kier alpha value is -1.31. The summed E-state index contributed by atoms with van der Waals surface area (Å²) in [5.41, 5.74) is 1.19. The molecule has 0 N–H and O–H groups in total. The van der Waals surface area contributed by atoms with E-state index in [1.807, 2.05) is 37.3 Å². The number of carbonyl (C=O) groups is 1. The SMILES string of the molecule is CC(COC=O)c1ccccc1. The Balaban J connectivity index is 2.53. The monoisotopic (exact) mass is 164 g/mol. The molecule has 0 aromatic heterocycles. The lowest BCUT2D eigenvalue weighted by Crippen LogP contribution is -2.02. The fraction of sp³-hybridized carbons (Fsp3) is 0.300. The van der Waals surface area contributed by atoms with Crippen LogP contribution in [0.4, 0.5) is 0 Å². The van der Waals surface area contributed by atoms with Crippen LogP contribution in [0.5, 0.6) is 0 Å². The number of benzene rings is 1. The van der Waals surface area contributed by atoms with Gasteiger partial charge in [0.05, 0.1) is 6.61 Å². The van der Waals surface area contributed by atoms with Gasteiger partial charge in [0.1, 0.15) is 0 Å². The van der Waals surface area contributed by atoms with Gasteiger partial charge in [-0.3, -0.25) is 4.79 Å². The van der Waals surface area contributed by atoms with Crippen molar-refractivity contribution in [3.63, 3.8) is 0 Å². The molecule has 0 saturated carbocycles. The lowest BCUT2D eigenvalue weighted by Gasteiger charge is -2.09. The van der Waals surface area contributed by atoms with E-state index in [9.17, 15) is 4.79 Å². The zero-order valence-corrected chi connectivity index (χ0v) is 7.07. The molecule has 1 rings (SSSR count). The molecule has 0 heterocycles. The van der Waals surface area contributed by atoms with Crippen LogP contribution in [0.3, 0.4) is 0 Å². The Morgan fingerprint density at radius 3 is 2.67 bits per heavy atom. The van der Waals surface area contributed by atoms with Crippen LogP contribution in [0, 0.1) is 0 Å². The van der Waals surface area contributed by atoms with Crippen molar-refractivity contribution in [1.82, 2.24) is 0 Å². The van der Waals surface area contributed by atoms with E-state index in [-0.39, 0.29) is 5.92 Å². The molecule has 2 heteroatoms. The number of hydrogen-bond donors (Lipinski definition) is 0. The summed E-state index contributed by atoms with van der Waals surface area (Å²) in [4.78, 5) is 9.92. The minimum Gasteiger partial charge on any atom is -0.467 e. The molecule has 1 aromatic carbocycles. The van der Waals surface area contributed by atoms with Crippen molar-refractivity contribution in [2.75, 3.05) is 6.61 Å². The summed E-state index contributed by atoms with van der Waals surface area (Å²) in [5.74, 6) is 0.274. The first-order valence-electron chi connectivity index (χ1n) is 3.95. The molecule has 1 atom stereocenters. The van der Waals surface area contributed by atoms with E-state index in [2.05, 4.69) is 4.74 Å². The molecule has 12 heavy (non-hydrogen) atoms. The number of ether oxygens (including phenoxy) is 1. The highest BCUT2D eigenvalue weighted by Crippen LogP contribution is 2.13. The zero-order valence-electron chi connectivity index (χ0n) is 7.07. The fourth-order valence-electron chi connectivity index (χ4n) is 1.06. The van der Waals surface area contributed by atoms with Gasteiger partial charge >= 0.3 is 0 Å². The number of rotatable bonds is 4. The fourth-order valence-corrected chi connectivity index (χ4v) is 1.06. The standard InChI is InChI=1S/C10H12O2/c1-9(7-12-8-11)10-5-3-2-4-6-10/h2-6,8-9H,7H2,1H3. The summed E-state index contributed by atoms with van der Waals surface area (Å²) in [6.07, 6.45) is 0. The minimum atomic E-state index is 0.274. The highest BCUT2D eigenvalue weighted by atomic mass is 16.5. The van der Waals surface area contributed by atoms with Crippen molar-refractivity contribution in [3.8, 4) is 0 Å². The Kier molecular flexibility index (Phi) is 3.33. The van der Waals surface area contributed by atoms with Gasteiger partial charge in [-0.1, -0.05) is 37.3 Å². The topological polar surface area (TPSA) is 26.3 Å². The van der Waals surface area contributed by atoms with E-state index < -0.39 is 0 Å². The van der Waals surface area contributed by atoms with Gasteiger partial charge in [0, 0.05) is 5.92 Å². The largest absolute Gasteiger partial charge is 0.467 e. The smallest absolute Gasteiger partial charge is 0.293 e. The quantitative estimate of drug-likeness (QED) is 0.636. The Bertz CT molecular complexity index is 231. The van der Waals surface area contributed by atoms with E-state index in [0.29, 0.717) is 13.1 Å². The molecular weight excluding hydrogens is 152 g/mol. The summed E-state index contributed by atoms with van der Waals surface area (Å²) in [5, 5.41) is 0. The highest BCUT2D eigenvalue weighted by Gasteiger charge is 2.03. The number of hydrogen-bond acceptors (Lipinski definition) is 2. The third-order valence-electron chi connectivity index (χ3n) is 1.78. The van der Waals surface area contributed by atoms with E-state index in [0.717, 1.165) is 0 Å². The molecule has 0 spiro atoms. The van der Waals surface area contributed by atoms with E-state index in [4.69, 9.17) is 0 Å². The molecule has 0 aliphatic rings. The molecule has 1 unspecified atom stereocenters. The second kappa shape index (κ2) is 4.54. The maximum atomic E-state index is 9.92. The Morgan fingerprint density at radius 2 is 2.08 bits per heavy atom. The van der Waals surface area contributed by atoms with Crippen LogP contribution in [0.1, 0.15) is 18.4 Å². The van der Waals surface area contributed by atoms with Crippen LogP contribution in [0.25, 0.3) is 0 Å². The summed E-state index contributed by atoms with van der Waals surface area (Å²) in [6.45, 7) is 2.96. The molecule has 1 aromatic rings. The third kappa shape index (κ3) is 2.38. The predicted octanol–water partition coefficient (Wildman–Crippen LogP) is 1.96. The lowest BCUT2D eigenvalue weighted by atomic mass is 10.0. The molecule has 0 aliphatic heterocycles. The van der Waals surface area contributed by atoms with Crippen molar-refractivity contribution in [2.45, 2.75) is 12.8 Å². The summed E-state index contributed by atoms with van der Waals surface area (Å²) >= 11 is 0. The van der Waals surface area contributed by atoms with Gasteiger partial charge in [-0.15, -0.1) is 0 Å². The van der Waals surface area contributed by atoms with E-state index in [1.165, 1.54) is 5.56 Å². The van der Waals surface area contributed by atoms with Crippen molar-refractivity contribution in [1.29, 1.82) is 0 Å². The summed E-state index contributed by atoms with van der Waals surface area (Å²) in [6, 6.07) is 9.98. The van der Waals surface area contributed by atoms with E-state index >= 15 is 0 Å². The van der Waals surface area contributed by atoms with Crippen molar-refractivity contribution >= 4 is 6.47 Å². The Morgan fingerprint density at radius 1 is 1.42 bits per heavy atom. The van der Waals surface area contributed by atoms with Crippen LogP contribution in [0.15, 0.2) is 30.3 Å². The third-order valence-corrected chi connectivity index (χ3v) is 1.78. The average Bonchev–Trinajstić information content (AvgIpc) is 2.15. The molecule has 0 fully saturated rings. The van der Waals surface area contributed by atoms with Gasteiger partial charge in [0.15, 0.2) is 0 Å². The summed E-state index contributed by atoms with van der Waals surface area (Å²) < 4.78 is 4.67. The normalized spacial score (nSPS) is 12.1. The van der Waals surface area contributed by atoms with Gasteiger partial charge in [-0.2, -0.15) is 0 Å². The first kappa shape index (κ1) is 8.78. The molecule has 64 valence electrons. The maximum absolute atomic E-state index is 9.92. The first-order chi connectivity index (χ1) is 5.84. The lowest BCUT2D eigenvalue weighted by molar-refractivity contribution is -0.129. The van der Waals surface area contributed by atoms with E-state index in [1.54, 1.807) is 0 Å². The molecule has 0 radical (unpaired) electrons. The van der Waals surface area contributed by atoms with Gasteiger partial charge in [0.25, 0.3) is 6.47 Å². The molecular formula is C10H12O2. The van der Waals surface area contributed by atoms with Gasteiger partial charge in [-0.25, -0.2) is 0 Å². The van der Waals surface area contributed by atoms with Crippen molar-refractivity contribution < 1.29 is 9.53 Å². The zero-order chi connectivity index (χ0) is 8.81. The van der Waals surface area contributed by atoms with Gasteiger partial charge in [-0.05, 0) is 5.56 Å².